The molecule has 8 nitrogen and oxygen atoms in total. The summed E-state index contributed by atoms with van der Waals surface area (Å²) in [6, 6.07) is 4.74. The molecule has 0 unspecified atom stereocenters. The Morgan fingerprint density at radius 2 is 2.10 bits per heavy atom. The number of nitrogens with one attached hydrogen (secondary N) is 1. The number of nitrogens with zero attached hydrogens (tertiary/aromatic N) is 3. The van der Waals surface area contributed by atoms with E-state index in [0.29, 0.717) is 18.0 Å². The summed E-state index contributed by atoms with van der Waals surface area (Å²) in [5.74, 6) is 0.508. The Kier molecular flexibility index (Phi) is 4.91. The summed E-state index contributed by atoms with van der Waals surface area (Å²) in [6.45, 7) is 4.58. The van der Waals surface area contributed by atoms with E-state index in [0.717, 1.165) is 35.6 Å². The monoisotopic (exact) mass is 460 g/mol. The Balaban J connectivity index is 1.57. The summed E-state index contributed by atoms with van der Waals surface area (Å²) >= 11 is 1.50. The minimum Gasteiger partial charge on any atom is -0.464 e. The molecule has 2 aliphatic carbocycles. The van der Waals surface area contributed by atoms with Crippen molar-refractivity contribution in [2.45, 2.75) is 56.5 Å². The molecule has 0 atom stereocenters. The first-order valence-electron chi connectivity index (χ1n) is 10.4. The Morgan fingerprint density at radius 1 is 1.32 bits per heavy atom. The van der Waals surface area contributed by atoms with Crippen LogP contribution >= 0.6 is 11.3 Å². The number of ether oxygens (including phenoxy) is 1. The Hall–Kier alpha value is -2.30. The van der Waals surface area contributed by atoms with Gasteiger partial charge in [0, 0.05) is 16.6 Å². The van der Waals surface area contributed by atoms with Crippen molar-refractivity contribution in [2.24, 2.45) is 5.92 Å². The number of sulfonamides is 1. The molecule has 0 radical (unpaired) electrons. The van der Waals surface area contributed by atoms with Crippen LogP contribution in [0.1, 0.15) is 42.5 Å². The average molecular weight is 461 g/mol. The number of hydrogen-bond donors (Lipinski definition) is 1. The highest BCUT2D eigenvalue weighted by Crippen LogP contribution is 2.36. The lowest BCUT2D eigenvalue weighted by molar-refractivity contribution is 0.261. The Labute approximate surface area is 184 Å². The van der Waals surface area contributed by atoms with Crippen LogP contribution in [0.4, 0.5) is 0 Å². The van der Waals surface area contributed by atoms with Crippen molar-refractivity contribution in [3.8, 4) is 6.01 Å². The fourth-order valence-corrected chi connectivity index (χ4v) is 5.66. The molecular formula is C21H24N4O4S2. The third-order valence-electron chi connectivity index (χ3n) is 5.71. The Bertz CT molecular complexity index is 1320. The van der Waals surface area contributed by atoms with E-state index < -0.39 is 15.6 Å². The smallest absolute Gasteiger partial charge is 0.300 e. The molecule has 0 aliphatic heterocycles. The molecule has 2 fully saturated rings. The van der Waals surface area contributed by atoms with Crippen LogP contribution in [-0.4, -0.2) is 35.1 Å². The summed E-state index contributed by atoms with van der Waals surface area (Å²) in [5, 5.41) is 1.16. The largest absolute Gasteiger partial charge is 0.464 e. The predicted molar refractivity (Wildman–Crippen MR) is 118 cm³/mol. The summed E-state index contributed by atoms with van der Waals surface area (Å²) in [5.41, 5.74) is -0.294. The third-order valence-corrected chi connectivity index (χ3v) is 8.24. The zero-order valence-corrected chi connectivity index (χ0v) is 19.1. The SMILES string of the molecule is Cc1ncc(Cn2c(OCC3CC3)nc3ccc(S(=O)(=O)NC4(C)CC4)cc3c2=O)s1. The molecule has 1 N–H and O–H groups in total. The lowest BCUT2D eigenvalue weighted by Gasteiger charge is -2.15. The van der Waals surface area contributed by atoms with Gasteiger partial charge < -0.3 is 4.74 Å². The highest BCUT2D eigenvalue weighted by atomic mass is 32.2. The molecule has 164 valence electrons. The van der Waals surface area contributed by atoms with Gasteiger partial charge in [0.25, 0.3) is 11.6 Å². The van der Waals surface area contributed by atoms with Crippen molar-refractivity contribution in [1.29, 1.82) is 0 Å². The van der Waals surface area contributed by atoms with Crippen molar-refractivity contribution < 1.29 is 13.2 Å². The van der Waals surface area contributed by atoms with Crippen LogP contribution in [0.3, 0.4) is 0 Å². The van der Waals surface area contributed by atoms with Gasteiger partial charge in [0.2, 0.25) is 10.0 Å². The van der Waals surface area contributed by atoms with Crippen LogP contribution in [0, 0.1) is 12.8 Å². The highest BCUT2D eigenvalue weighted by molar-refractivity contribution is 7.89. The van der Waals surface area contributed by atoms with Crippen LogP contribution in [0.5, 0.6) is 6.01 Å². The van der Waals surface area contributed by atoms with Gasteiger partial charge in [0.15, 0.2) is 0 Å². The van der Waals surface area contributed by atoms with Crippen LogP contribution in [0.2, 0.25) is 0 Å². The molecule has 31 heavy (non-hydrogen) atoms. The van der Waals surface area contributed by atoms with E-state index in [1.807, 2.05) is 13.8 Å². The summed E-state index contributed by atoms with van der Waals surface area (Å²) in [6.07, 6.45) is 5.61. The van der Waals surface area contributed by atoms with E-state index >= 15 is 0 Å². The number of aromatic nitrogens is 3. The maximum absolute atomic E-state index is 13.4. The topological polar surface area (TPSA) is 103 Å². The van der Waals surface area contributed by atoms with Gasteiger partial charge in [-0.15, -0.1) is 11.3 Å². The number of rotatable bonds is 8. The maximum atomic E-state index is 13.4. The zero-order valence-electron chi connectivity index (χ0n) is 17.4. The molecule has 3 aromatic rings. The van der Waals surface area contributed by atoms with Gasteiger partial charge in [-0.2, -0.15) is 4.98 Å². The average Bonchev–Trinajstić information content (AvgIpc) is 3.63. The predicted octanol–water partition coefficient (Wildman–Crippen LogP) is 2.83. The number of benzene rings is 1. The van der Waals surface area contributed by atoms with Crippen LogP contribution < -0.4 is 15.0 Å². The van der Waals surface area contributed by atoms with Crippen molar-refractivity contribution in [2.75, 3.05) is 6.61 Å². The number of aryl methyl sites for hydroxylation is 1. The summed E-state index contributed by atoms with van der Waals surface area (Å²) in [7, 11) is -3.72. The van der Waals surface area contributed by atoms with Gasteiger partial charge in [-0.1, -0.05) is 0 Å². The van der Waals surface area contributed by atoms with Gasteiger partial charge in [-0.25, -0.2) is 18.1 Å². The molecule has 5 rings (SSSR count). The van der Waals surface area contributed by atoms with Crippen molar-refractivity contribution in [3.63, 3.8) is 0 Å². The molecule has 1 aromatic carbocycles. The highest BCUT2D eigenvalue weighted by Gasteiger charge is 2.41. The van der Waals surface area contributed by atoms with Crippen molar-refractivity contribution in [3.05, 3.63) is 44.6 Å². The van der Waals surface area contributed by atoms with Gasteiger partial charge in [0.1, 0.15) is 0 Å². The molecular weight excluding hydrogens is 436 g/mol. The molecule has 0 saturated heterocycles. The lowest BCUT2D eigenvalue weighted by Crippen LogP contribution is -2.34. The van der Waals surface area contributed by atoms with E-state index in [1.54, 1.807) is 12.3 Å². The van der Waals surface area contributed by atoms with E-state index in [-0.39, 0.29) is 28.4 Å². The van der Waals surface area contributed by atoms with Gasteiger partial charge >= 0.3 is 0 Å². The molecule has 2 saturated carbocycles. The molecule has 2 aromatic heterocycles. The lowest BCUT2D eigenvalue weighted by atomic mass is 10.2. The van der Waals surface area contributed by atoms with Gasteiger partial charge in [0.05, 0.1) is 34.0 Å². The fourth-order valence-electron chi connectivity index (χ4n) is 3.38. The summed E-state index contributed by atoms with van der Waals surface area (Å²) in [4.78, 5) is 23.2. The molecule has 0 amide bonds. The normalized spacial score (nSPS) is 17.7. The first-order valence-corrected chi connectivity index (χ1v) is 12.7. The van der Waals surface area contributed by atoms with Crippen molar-refractivity contribution >= 4 is 32.3 Å². The Morgan fingerprint density at radius 3 is 2.74 bits per heavy atom. The second-order valence-corrected chi connectivity index (χ2v) is 11.7. The molecule has 2 aliphatic rings. The van der Waals surface area contributed by atoms with Gasteiger partial charge in [-0.05, 0) is 63.6 Å². The minimum atomic E-state index is -3.72. The number of fused-ring (bicyclic) bond motifs is 1. The summed E-state index contributed by atoms with van der Waals surface area (Å²) < 4.78 is 35.7. The minimum absolute atomic E-state index is 0.0684. The van der Waals surface area contributed by atoms with E-state index in [4.69, 9.17) is 4.74 Å². The molecule has 10 heteroatoms. The molecule has 0 spiro atoms. The van der Waals surface area contributed by atoms with Crippen molar-refractivity contribution in [1.82, 2.24) is 19.3 Å². The van der Waals surface area contributed by atoms with E-state index in [1.165, 1.54) is 28.0 Å². The standard InChI is InChI=1S/C21H24N4O4S2/c1-13-22-10-15(30-13)11-25-19(26)17-9-16(31(27,28)24-21(2)7-8-21)5-6-18(17)23-20(25)29-12-14-3-4-14/h5-6,9-10,14,24H,3-4,7-8,11-12H2,1-2H3. The van der Waals surface area contributed by atoms with Crippen LogP contribution in [0.25, 0.3) is 10.9 Å². The van der Waals surface area contributed by atoms with Crippen LogP contribution in [-0.2, 0) is 16.6 Å². The first-order chi connectivity index (χ1) is 14.7. The van der Waals surface area contributed by atoms with Crippen LogP contribution in [0.15, 0.2) is 34.1 Å². The fraction of sp³-hybridized carbons (Fsp3) is 0.476. The zero-order chi connectivity index (χ0) is 21.8. The van der Waals surface area contributed by atoms with E-state index in [2.05, 4.69) is 14.7 Å². The number of thiazole rings is 1. The number of hydrogen-bond acceptors (Lipinski definition) is 7. The molecule has 2 heterocycles. The first kappa shape index (κ1) is 20.6. The van der Waals surface area contributed by atoms with E-state index in [9.17, 15) is 13.2 Å². The second kappa shape index (κ2) is 7.39. The third kappa shape index (κ3) is 4.37. The van der Waals surface area contributed by atoms with Gasteiger partial charge in [-0.3, -0.25) is 9.36 Å². The molecule has 0 bridgehead atoms. The maximum Gasteiger partial charge on any atom is 0.300 e. The second-order valence-electron chi connectivity index (χ2n) is 8.73. The quantitative estimate of drug-likeness (QED) is 0.554.